The third kappa shape index (κ3) is 3.07. The number of imide groups is 1. The summed E-state index contributed by atoms with van der Waals surface area (Å²) in [6, 6.07) is 10.8. The van der Waals surface area contributed by atoms with Gasteiger partial charge in [-0.05, 0) is 53.2 Å². The first-order chi connectivity index (χ1) is 11.5. The van der Waals surface area contributed by atoms with Gasteiger partial charge in [-0.2, -0.15) is 0 Å². The lowest BCUT2D eigenvalue weighted by atomic mass is 10.1. The van der Waals surface area contributed by atoms with Gasteiger partial charge in [0, 0.05) is 0 Å². The molecule has 0 aromatic heterocycles. The van der Waals surface area contributed by atoms with Gasteiger partial charge in [0.25, 0.3) is 11.1 Å². The van der Waals surface area contributed by atoms with Gasteiger partial charge in [-0.1, -0.05) is 24.3 Å². The normalized spacial score (nSPS) is 16.0. The van der Waals surface area contributed by atoms with Crippen LogP contribution in [0, 0.1) is 5.82 Å². The number of benzene rings is 2. The Bertz CT molecular complexity index is 859. The number of carboxylic acids is 1. The molecule has 120 valence electrons. The van der Waals surface area contributed by atoms with Crippen LogP contribution in [-0.4, -0.2) is 17.1 Å². The van der Waals surface area contributed by atoms with Crippen molar-refractivity contribution in [1.29, 1.82) is 0 Å². The minimum Gasteiger partial charge on any atom is -0.545 e. The number of rotatable bonds is 3. The van der Waals surface area contributed by atoms with Crippen LogP contribution in [0.15, 0.2) is 53.4 Å². The molecule has 1 fully saturated rings. The molecule has 24 heavy (non-hydrogen) atoms. The zero-order valence-electron chi connectivity index (χ0n) is 12.1. The third-order valence-electron chi connectivity index (χ3n) is 3.32. The average molecular weight is 342 g/mol. The van der Waals surface area contributed by atoms with E-state index in [0.717, 1.165) is 16.7 Å². The Kier molecular flexibility index (Phi) is 4.18. The first kappa shape index (κ1) is 15.9. The maximum atomic E-state index is 13.0. The number of amides is 2. The van der Waals surface area contributed by atoms with E-state index in [9.17, 15) is 23.9 Å². The number of carbonyl (C=O) groups is 3. The molecule has 0 radical (unpaired) electrons. The lowest BCUT2D eigenvalue weighted by molar-refractivity contribution is -0.255. The van der Waals surface area contributed by atoms with Crippen LogP contribution in [0.4, 0.5) is 14.9 Å². The van der Waals surface area contributed by atoms with E-state index in [1.165, 1.54) is 54.6 Å². The van der Waals surface area contributed by atoms with E-state index >= 15 is 0 Å². The Morgan fingerprint density at radius 3 is 2.25 bits per heavy atom. The van der Waals surface area contributed by atoms with E-state index < -0.39 is 22.9 Å². The molecule has 0 atom stereocenters. The second-order valence-corrected chi connectivity index (χ2v) is 5.90. The van der Waals surface area contributed by atoms with Crippen molar-refractivity contribution >= 4 is 40.6 Å². The lowest BCUT2D eigenvalue weighted by Gasteiger charge is -2.11. The summed E-state index contributed by atoms with van der Waals surface area (Å²) < 4.78 is 13.0. The van der Waals surface area contributed by atoms with Crippen molar-refractivity contribution in [3.05, 3.63) is 70.4 Å². The Hall–Kier alpha value is -2.93. The van der Waals surface area contributed by atoms with E-state index in [1.54, 1.807) is 0 Å². The molecule has 1 aliphatic heterocycles. The van der Waals surface area contributed by atoms with Gasteiger partial charge in [0.15, 0.2) is 0 Å². The molecule has 7 heteroatoms. The van der Waals surface area contributed by atoms with Crippen LogP contribution in [-0.2, 0) is 4.79 Å². The van der Waals surface area contributed by atoms with Gasteiger partial charge in [-0.15, -0.1) is 0 Å². The summed E-state index contributed by atoms with van der Waals surface area (Å²) in [7, 11) is 0. The molecule has 0 bridgehead atoms. The molecule has 0 N–H and O–H groups in total. The number of thioether (sulfide) groups is 1. The van der Waals surface area contributed by atoms with Crippen molar-refractivity contribution in [3.63, 3.8) is 0 Å². The molecular weight excluding hydrogens is 333 g/mol. The molecule has 2 aromatic carbocycles. The van der Waals surface area contributed by atoms with Crippen LogP contribution in [0.1, 0.15) is 15.9 Å². The first-order valence-electron chi connectivity index (χ1n) is 6.80. The second-order valence-electron chi connectivity index (χ2n) is 4.90. The third-order valence-corrected chi connectivity index (χ3v) is 4.19. The maximum Gasteiger partial charge on any atom is 0.298 e. The van der Waals surface area contributed by atoms with E-state index in [0.29, 0.717) is 5.56 Å². The molecule has 0 unspecified atom stereocenters. The molecule has 1 heterocycles. The quantitative estimate of drug-likeness (QED) is 0.801. The molecule has 1 saturated heterocycles. The summed E-state index contributed by atoms with van der Waals surface area (Å²) in [5.41, 5.74) is 0.880. The summed E-state index contributed by atoms with van der Waals surface area (Å²) in [5, 5.41) is 10.2. The van der Waals surface area contributed by atoms with Crippen LogP contribution in [0.5, 0.6) is 0 Å². The van der Waals surface area contributed by atoms with Crippen LogP contribution in [0.25, 0.3) is 6.08 Å². The van der Waals surface area contributed by atoms with Gasteiger partial charge in [-0.3, -0.25) is 9.59 Å². The molecule has 0 saturated carbocycles. The number of nitrogens with zero attached hydrogens (tertiary/aromatic N) is 1. The SMILES string of the molecule is O=C([O-])c1ccc(C=C2SC(=O)N(c3ccc(F)cc3)C2=O)cc1. The highest BCUT2D eigenvalue weighted by Crippen LogP contribution is 2.35. The van der Waals surface area contributed by atoms with Crippen LogP contribution in [0.3, 0.4) is 0 Å². The molecular formula is C17H9FNO4S-. The molecule has 2 aromatic rings. The molecule has 1 aliphatic rings. The Morgan fingerprint density at radius 2 is 1.67 bits per heavy atom. The highest BCUT2D eigenvalue weighted by Gasteiger charge is 2.36. The van der Waals surface area contributed by atoms with Crippen molar-refractivity contribution in [2.45, 2.75) is 0 Å². The number of hydrogen-bond donors (Lipinski definition) is 0. The molecule has 2 amide bonds. The van der Waals surface area contributed by atoms with Gasteiger partial charge in [-0.25, -0.2) is 9.29 Å². The lowest BCUT2D eigenvalue weighted by Crippen LogP contribution is -2.27. The zero-order valence-corrected chi connectivity index (χ0v) is 12.9. The van der Waals surface area contributed by atoms with Crippen LogP contribution in [0.2, 0.25) is 0 Å². The van der Waals surface area contributed by atoms with Crippen molar-refractivity contribution in [3.8, 4) is 0 Å². The molecule has 0 aliphatic carbocycles. The molecule has 0 spiro atoms. The topological polar surface area (TPSA) is 77.5 Å². The second kappa shape index (κ2) is 6.29. The Labute approximate surface area is 140 Å². The van der Waals surface area contributed by atoms with Gasteiger partial charge in [0.1, 0.15) is 5.82 Å². The van der Waals surface area contributed by atoms with Crippen LogP contribution < -0.4 is 10.0 Å². The average Bonchev–Trinajstić information content (AvgIpc) is 2.83. The predicted octanol–water partition coefficient (Wildman–Crippen LogP) is 2.43. The fourth-order valence-electron chi connectivity index (χ4n) is 2.15. The van der Waals surface area contributed by atoms with E-state index in [1.807, 2.05) is 0 Å². The minimum atomic E-state index is -1.29. The fourth-order valence-corrected chi connectivity index (χ4v) is 2.99. The van der Waals surface area contributed by atoms with Gasteiger partial charge < -0.3 is 9.90 Å². The van der Waals surface area contributed by atoms with Crippen LogP contribution >= 0.6 is 11.8 Å². The first-order valence-corrected chi connectivity index (χ1v) is 7.62. The van der Waals surface area contributed by atoms with E-state index in [2.05, 4.69) is 0 Å². The molecule has 5 nitrogen and oxygen atoms in total. The standard InChI is InChI=1S/C17H10FNO4S/c18-12-5-7-13(8-6-12)19-15(20)14(24-17(19)23)9-10-1-3-11(4-2-10)16(21)22/h1-9H,(H,21,22)/p-1. The van der Waals surface area contributed by atoms with Crippen molar-refractivity contribution in [2.24, 2.45) is 0 Å². The van der Waals surface area contributed by atoms with Crippen molar-refractivity contribution in [1.82, 2.24) is 0 Å². The maximum absolute atomic E-state index is 13.0. The summed E-state index contributed by atoms with van der Waals surface area (Å²) in [6.45, 7) is 0. The van der Waals surface area contributed by atoms with E-state index in [4.69, 9.17) is 0 Å². The fraction of sp³-hybridized carbons (Fsp3) is 0. The van der Waals surface area contributed by atoms with E-state index in [-0.39, 0.29) is 16.2 Å². The van der Waals surface area contributed by atoms with Gasteiger partial charge in [0.2, 0.25) is 0 Å². The van der Waals surface area contributed by atoms with Gasteiger partial charge in [0.05, 0.1) is 16.6 Å². The van der Waals surface area contributed by atoms with Gasteiger partial charge >= 0.3 is 0 Å². The number of anilines is 1. The smallest absolute Gasteiger partial charge is 0.298 e. The summed E-state index contributed by atoms with van der Waals surface area (Å²) in [4.78, 5) is 36.3. The number of carboxylic acid groups (broad SMARTS) is 1. The number of carbonyl (C=O) groups excluding carboxylic acids is 3. The predicted molar refractivity (Wildman–Crippen MR) is 85.6 cm³/mol. The van der Waals surface area contributed by atoms with Crippen molar-refractivity contribution in [2.75, 3.05) is 4.90 Å². The summed E-state index contributed by atoms with van der Waals surface area (Å²) >= 11 is 0.762. The minimum absolute atomic E-state index is 0.0200. The number of halogens is 1. The monoisotopic (exact) mass is 342 g/mol. The Balaban J connectivity index is 1.87. The highest BCUT2D eigenvalue weighted by atomic mass is 32.2. The summed E-state index contributed by atoms with van der Waals surface area (Å²) in [5.74, 6) is -2.27. The number of hydrogen-bond acceptors (Lipinski definition) is 5. The highest BCUT2D eigenvalue weighted by molar-refractivity contribution is 8.19. The Morgan fingerprint density at radius 1 is 1.04 bits per heavy atom. The summed E-state index contributed by atoms with van der Waals surface area (Å²) in [6.07, 6.45) is 1.49. The molecule has 3 rings (SSSR count). The van der Waals surface area contributed by atoms with Crippen molar-refractivity contribution < 1.29 is 23.9 Å². The number of aromatic carboxylic acids is 1. The zero-order chi connectivity index (χ0) is 17.3. The largest absolute Gasteiger partial charge is 0.545 e.